The minimum absolute atomic E-state index is 0. The molecule has 2 aromatic carbocycles. The zero-order chi connectivity index (χ0) is 22.7. The summed E-state index contributed by atoms with van der Waals surface area (Å²) in [5, 5.41) is 10.3. The lowest BCUT2D eigenvalue weighted by Gasteiger charge is -2.32. The van der Waals surface area contributed by atoms with Crippen LogP contribution in [0.5, 0.6) is 0 Å². The number of benzene rings is 2. The Labute approximate surface area is 199 Å². The number of amides is 1. The zero-order valence-corrected chi connectivity index (χ0v) is 19.4. The highest BCUT2D eigenvalue weighted by Crippen LogP contribution is 2.32. The Morgan fingerprint density at radius 3 is 2.70 bits per heavy atom. The number of hydrogen-bond acceptors (Lipinski definition) is 4. The van der Waals surface area contributed by atoms with Crippen LogP contribution in [0.1, 0.15) is 45.8 Å². The van der Waals surface area contributed by atoms with Crippen LogP contribution >= 0.6 is 12.4 Å². The molecule has 174 valence electrons. The average Bonchev–Trinajstić information content (AvgIpc) is 3.21. The highest BCUT2D eigenvalue weighted by atomic mass is 35.5. The van der Waals surface area contributed by atoms with Gasteiger partial charge in [0.25, 0.3) is 5.91 Å². The number of aromatic nitrogens is 1. The van der Waals surface area contributed by atoms with E-state index in [0.717, 1.165) is 16.5 Å². The Morgan fingerprint density at radius 1 is 1.27 bits per heavy atom. The maximum absolute atomic E-state index is 14.4. The smallest absolute Gasteiger partial charge is 0.256 e. The van der Waals surface area contributed by atoms with Crippen LogP contribution in [0.4, 0.5) is 4.39 Å². The Balaban J connectivity index is 0.00000306. The van der Waals surface area contributed by atoms with Gasteiger partial charge in [-0.2, -0.15) is 5.26 Å². The second kappa shape index (κ2) is 10.8. The van der Waals surface area contributed by atoms with Crippen LogP contribution < -0.4 is 5.73 Å². The van der Waals surface area contributed by atoms with E-state index in [2.05, 4.69) is 6.07 Å². The van der Waals surface area contributed by atoms with Crippen molar-refractivity contribution in [3.63, 3.8) is 0 Å². The molecule has 1 aliphatic rings. The van der Waals surface area contributed by atoms with Crippen LogP contribution in [-0.2, 0) is 17.8 Å². The highest BCUT2D eigenvalue weighted by Gasteiger charge is 2.28. The number of hydrogen-bond donors (Lipinski definition) is 1. The zero-order valence-electron chi connectivity index (χ0n) is 18.6. The van der Waals surface area contributed by atoms with Crippen molar-refractivity contribution in [3.8, 4) is 6.07 Å². The third-order valence-corrected chi connectivity index (χ3v) is 6.30. The fourth-order valence-electron chi connectivity index (χ4n) is 4.58. The molecule has 8 heteroatoms. The molecule has 0 aliphatic carbocycles. The van der Waals surface area contributed by atoms with Gasteiger partial charge in [0.15, 0.2) is 0 Å². The van der Waals surface area contributed by atoms with Crippen LogP contribution in [0.3, 0.4) is 0 Å². The molecule has 1 aromatic heterocycles. The average molecular weight is 471 g/mol. The van der Waals surface area contributed by atoms with E-state index in [4.69, 9.17) is 10.5 Å². The van der Waals surface area contributed by atoms with Crippen LogP contribution in [-0.4, -0.2) is 42.2 Å². The van der Waals surface area contributed by atoms with E-state index >= 15 is 0 Å². The first-order valence-electron chi connectivity index (χ1n) is 10.9. The Hall–Kier alpha value is -2.92. The van der Waals surface area contributed by atoms with Crippen molar-refractivity contribution < 1.29 is 13.9 Å². The second-order valence-electron chi connectivity index (χ2n) is 8.17. The molecule has 6 nitrogen and oxygen atoms in total. The molecule has 2 N–H and O–H groups in total. The lowest BCUT2D eigenvalue weighted by Crippen LogP contribution is -2.38. The number of nitrogens with two attached hydrogens (primary N) is 1. The molecule has 2 heterocycles. The fourth-order valence-corrected chi connectivity index (χ4v) is 4.58. The number of para-hydroxylation sites is 1. The first-order valence-corrected chi connectivity index (χ1v) is 10.9. The van der Waals surface area contributed by atoms with Crippen molar-refractivity contribution in [2.75, 3.05) is 26.8 Å². The predicted molar refractivity (Wildman–Crippen MR) is 128 cm³/mol. The van der Waals surface area contributed by atoms with Gasteiger partial charge < -0.3 is 19.9 Å². The monoisotopic (exact) mass is 470 g/mol. The summed E-state index contributed by atoms with van der Waals surface area (Å²) in [7, 11) is 1.62. The molecule has 33 heavy (non-hydrogen) atoms. The van der Waals surface area contributed by atoms with E-state index in [0.29, 0.717) is 62.3 Å². The Morgan fingerprint density at radius 2 is 2.03 bits per heavy atom. The summed E-state index contributed by atoms with van der Waals surface area (Å²) in [5.74, 6) is -0.202. The molecule has 3 aromatic rings. The van der Waals surface area contributed by atoms with Crippen molar-refractivity contribution in [2.24, 2.45) is 5.73 Å². The normalized spacial score (nSPS) is 14.2. The Kier molecular flexibility index (Phi) is 8.09. The van der Waals surface area contributed by atoms with Gasteiger partial charge in [-0.3, -0.25) is 4.79 Å². The molecule has 1 saturated heterocycles. The van der Waals surface area contributed by atoms with Gasteiger partial charge >= 0.3 is 0 Å². The molecule has 1 aliphatic heterocycles. The molecule has 0 saturated carbocycles. The summed E-state index contributed by atoms with van der Waals surface area (Å²) in [5.41, 5.74) is 9.20. The first kappa shape index (κ1) is 24.7. The molecule has 1 amide bonds. The van der Waals surface area contributed by atoms with Crippen LogP contribution in [0.25, 0.3) is 10.9 Å². The topological polar surface area (TPSA) is 84.3 Å². The number of rotatable bonds is 6. The van der Waals surface area contributed by atoms with E-state index < -0.39 is 0 Å². The summed E-state index contributed by atoms with van der Waals surface area (Å²) >= 11 is 0. The summed E-state index contributed by atoms with van der Waals surface area (Å²) in [6, 6.07) is 12.7. The Bertz CT molecular complexity index is 1180. The number of piperidine rings is 1. The van der Waals surface area contributed by atoms with Gasteiger partial charge in [-0.1, -0.05) is 24.3 Å². The van der Waals surface area contributed by atoms with Gasteiger partial charge in [0.05, 0.1) is 23.3 Å². The SMILES string of the molecule is COCCn1cc(C(=O)N2CCC(c3cc(CN)ccc3F)CC2)c2cccc(C#N)c21.Cl. The summed E-state index contributed by atoms with van der Waals surface area (Å²) in [6.07, 6.45) is 3.22. The van der Waals surface area contributed by atoms with Crippen molar-refractivity contribution in [2.45, 2.75) is 31.8 Å². The number of carbonyl (C=O) groups excluding carboxylic acids is 1. The first-order chi connectivity index (χ1) is 15.6. The van der Waals surface area contributed by atoms with Crippen LogP contribution in [0.2, 0.25) is 0 Å². The number of nitrogens with zero attached hydrogens (tertiary/aromatic N) is 3. The molecule has 4 rings (SSSR count). The quantitative estimate of drug-likeness (QED) is 0.585. The molecule has 0 atom stereocenters. The van der Waals surface area contributed by atoms with E-state index in [-0.39, 0.29) is 30.0 Å². The standard InChI is InChI=1S/C25H27FN4O2.ClH/c1-32-12-11-30-16-22(20-4-2-3-19(15-28)24(20)30)25(31)29-9-7-18(8-10-29)21-13-17(14-27)5-6-23(21)26;/h2-6,13,16,18H,7-12,14,27H2,1H3;1H. The van der Waals surface area contributed by atoms with E-state index in [1.807, 2.05) is 27.8 Å². The number of fused-ring (bicyclic) bond motifs is 1. The van der Waals surface area contributed by atoms with Crippen molar-refractivity contribution in [1.29, 1.82) is 5.26 Å². The van der Waals surface area contributed by atoms with E-state index in [9.17, 15) is 14.4 Å². The number of carbonyl (C=O) groups is 1. The van der Waals surface area contributed by atoms with Gasteiger partial charge in [-0.05, 0) is 42.0 Å². The van der Waals surface area contributed by atoms with Crippen LogP contribution in [0, 0.1) is 17.1 Å². The summed E-state index contributed by atoms with van der Waals surface area (Å²) in [6.45, 7) is 2.52. The van der Waals surface area contributed by atoms with Crippen LogP contribution in [0.15, 0.2) is 42.6 Å². The fraction of sp³-hybridized carbons (Fsp3) is 0.360. The van der Waals surface area contributed by atoms with Crippen molar-refractivity contribution in [3.05, 3.63) is 70.7 Å². The van der Waals surface area contributed by atoms with Crippen molar-refractivity contribution >= 4 is 29.2 Å². The molecule has 1 fully saturated rings. The minimum atomic E-state index is -0.211. The third kappa shape index (κ3) is 4.88. The molecular formula is C25H28ClFN4O2. The minimum Gasteiger partial charge on any atom is -0.383 e. The molecule has 0 spiro atoms. The lowest BCUT2D eigenvalue weighted by molar-refractivity contribution is 0.0714. The maximum atomic E-state index is 14.4. The summed E-state index contributed by atoms with van der Waals surface area (Å²) < 4.78 is 21.5. The molecule has 0 unspecified atom stereocenters. The number of nitriles is 1. The highest BCUT2D eigenvalue weighted by molar-refractivity contribution is 6.08. The molecule has 0 bridgehead atoms. The maximum Gasteiger partial charge on any atom is 0.256 e. The second-order valence-corrected chi connectivity index (χ2v) is 8.17. The number of methoxy groups -OCH3 is 1. The summed E-state index contributed by atoms with van der Waals surface area (Å²) in [4.78, 5) is 15.2. The van der Waals surface area contributed by atoms with Gasteiger partial charge in [0, 0.05) is 44.9 Å². The number of halogens is 2. The molecule has 0 radical (unpaired) electrons. The van der Waals surface area contributed by atoms with Gasteiger partial charge in [0.1, 0.15) is 11.9 Å². The number of ether oxygens (including phenoxy) is 1. The largest absolute Gasteiger partial charge is 0.383 e. The van der Waals surface area contributed by atoms with Gasteiger partial charge in [-0.15, -0.1) is 12.4 Å². The third-order valence-electron chi connectivity index (χ3n) is 6.30. The van der Waals surface area contributed by atoms with E-state index in [1.165, 1.54) is 6.07 Å². The van der Waals surface area contributed by atoms with Crippen molar-refractivity contribution in [1.82, 2.24) is 9.47 Å². The predicted octanol–water partition coefficient (Wildman–Crippen LogP) is 4.20. The van der Waals surface area contributed by atoms with Gasteiger partial charge in [-0.25, -0.2) is 4.39 Å². The van der Waals surface area contributed by atoms with E-state index in [1.54, 1.807) is 25.3 Å². The van der Waals surface area contributed by atoms with Gasteiger partial charge in [0.2, 0.25) is 0 Å². The lowest BCUT2D eigenvalue weighted by atomic mass is 9.88. The molecular weight excluding hydrogens is 443 g/mol. The number of likely N-dealkylation sites (tertiary alicyclic amines) is 1.